The lowest BCUT2D eigenvalue weighted by Gasteiger charge is -2.26. The normalized spacial score (nSPS) is 20.7. The molecule has 2 aliphatic carbocycles. The molecule has 0 aromatic rings. The molecule has 94 valence electrons. The molecule has 0 heterocycles. The van der Waals surface area contributed by atoms with Crippen LogP contribution < -0.4 is 0 Å². The number of ketones is 1. The molecule has 0 saturated carbocycles. The van der Waals surface area contributed by atoms with Gasteiger partial charge in [-0.05, 0) is 31.4 Å². The van der Waals surface area contributed by atoms with E-state index in [1.54, 1.807) is 12.2 Å². The standard InChI is InChI=1S/C15H16O3/c1-18-14(17)6-2-4-12-5-3-9-15(12)10-7-13(16)8-11-15/h2,5-8,10-11H,3-4,9H2,1H3/b6-2+. The van der Waals surface area contributed by atoms with E-state index in [1.165, 1.54) is 18.8 Å². The van der Waals surface area contributed by atoms with Gasteiger partial charge < -0.3 is 4.74 Å². The minimum absolute atomic E-state index is 0.0389. The minimum atomic E-state index is -0.340. The molecule has 0 saturated heterocycles. The van der Waals surface area contributed by atoms with E-state index in [0.717, 1.165) is 12.8 Å². The molecule has 0 aliphatic heterocycles. The van der Waals surface area contributed by atoms with Crippen LogP contribution in [0.1, 0.15) is 19.3 Å². The topological polar surface area (TPSA) is 43.4 Å². The molecule has 0 amide bonds. The van der Waals surface area contributed by atoms with Crippen LogP contribution in [0.2, 0.25) is 0 Å². The minimum Gasteiger partial charge on any atom is -0.466 e. The number of rotatable bonds is 3. The van der Waals surface area contributed by atoms with Gasteiger partial charge in [-0.2, -0.15) is 0 Å². The molecule has 0 radical (unpaired) electrons. The number of allylic oxidation sites excluding steroid dienone is 7. The number of esters is 1. The van der Waals surface area contributed by atoms with Crippen molar-refractivity contribution >= 4 is 11.8 Å². The predicted octanol–water partition coefficient (Wildman–Crippen LogP) is 2.51. The molecule has 2 aliphatic rings. The van der Waals surface area contributed by atoms with Crippen molar-refractivity contribution in [3.8, 4) is 0 Å². The molecule has 0 unspecified atom stereocenters. The summed E-state index contributed by atoms with van der Waals surface area (Å²) in [7, 11) is 1.36. The zero-order chi connectivity index (χ0) is 13.0. The van der Waals surface area contributed by atoms with Crippen molar-refractivity contribution in [1.29, 1.82) is 0 Å². The summed E-state index contributed by atoms with van der Waals surface area (Å²) in [5.41, 5.74) is 1.12. The first-order valence-electron chi connectivity index (χ1n) is 6.03. The molecular weight excluding hydrogens is 228 g/mol. The van der Waals surface area contributed by atoms with Gasteiger partial charge in [0.2, 0.25) is 0 Å². The largest absolute Gasteiger partial charge is 0.466 e. The molecule has 3 nitrogen and oxygen atoms in total. The SMILES string of the molecule is COC(=O)/C=C/CC1=CCCC12C=CC(=O)C=C2. The zero-order valence-corrected chi connectivity index (χ0v) is 10.4. The van der Waals surface area contributed by atoms with Crippen molar-refractivity contribution in [1.82, 2.24) is 0 Å². The molecule has 0 bridgehead atoms. The van der Waals surface area contributed by atoms with Gasteiger partial charge in [-0.15, -0.1) is 0 Å². The van der Waals surface area contributed by atoms with E-state index < -0.39 is 0 Å². The fraction of sp³-hybridized carbons (Fsp3) is 0.333. The summed E-state index contributed by atoms with van der Waals surface area (Å²) >= 11 is 0. The molecule has 0 atom stereocenters. The Hall–Kier alpha value is -1.90. The molecule has 1 spiro atoms. The van der Waals surface area contributed by atoms with Crippen LogP contribution in [0.4, 0.5) is 0 Å². The molecule has 2 rings (SSSR count). The Balaban J connectivity index is 2.07. The van der Waals surface area contributed by atoms with Gasteiger partial charge in [0, 0.05) is 11.5 Å². The third kappa shape index (κ3) is 2.50. The van der Waals surface area contributed by atoms with Gasteiger partial charge in [0.05, 0.1) is 7.11 Å². The zero-order valence-electron chi connectivity index (χ0n) is 10.4. The Morgan fingerprint density at radius 1 is 1.44 bits per heavy atom. The summed E-state index contributed by atoms with van der Waals surface area (Å²) in [6.45, 7) is 0. The van der Waals surface area contributed by atoms with Gasteiger partial charge in [-0.3, -0.25) is 4.79 Å². The molecule has 0 fully saturated rings. The van der Waals surface area contributed by atoms with Crippen molar-refractivity contribution < 1.29 is 14.3 Å². The Bertz CT molecular complexity index is 462. The molecule has 0 aromatic carbocycles. The Labute approximate surface area is 107 Å². The highest BCUT2D eigenvalue weighted by Gasteiger charge is 2.33. The summed E-state index contributed by atoms with van der Waals surface area (Å²) in [4.78, 5) is 22.2. The maximum atomic E-state index is 11.2. The van der Waals surface area contributed by atoms with Gasteiger partial charge in [0.25, 0.3) is 0 Å². The summed E-state index contributed by atoms with van der Waals surface area (Å²) < 4.78 is 4.55. The lowest BCUT2D eigenvalue weighted by atomic mass is 9.77. The van der Waals surface area contributed by atoms with Crippen LogP contribution in [-0.2, 0) is 14.3 Å². The fourth-order valence-electron chi connectivity index (χ4n) is 2.41. The van der Waals surface area contributed by atoms with E-state index in [0.29, 0.717) is 6.42 Å². The molecule has 3 heteroatoms. The highest BCUT2D eigenvalue weighted by Crippen LogP contribution is 2.44. The quantitative estimate of drug-likeness (QED) is 0.435. The van der Waals surface area contributed by atoms with Crippen LogP contribution >= 0.6 is 0 Å². The number of hydrogen-bond donors (Lipinski definition) is 0. The lowest BCUT2D eigenvalue weighted by Crippen LogP contribution is -2.17. The van der Waals surface area contributed by atoms with Crippen LogP contribution in [0.5, 0.6) is 0 Å². The van der Waals surface area contributed by atoms with E-state index in [1.807, 2.05) is 18.2 Å². The Morgan fingerprint density at radius 2 is 2.17 bits per heavy atom. The van der Waals surface area contributed by atoms with Crippen molar-refractivity contribution in [2.75, 3.05) is 7.11 Å². The van der Waals surface area contributed by atoms with Crippen LogP contribution in [0.3, 0.4) is 0 Å². The second-order valence-corrected chi connectivity index (χ2v) is 4.51. The first kappa shape index (κ1) is 12.6. The second-order valence-electron chi connectivity index (χ2n) is 4.51. The van der Waals surface area contributed by atoms with Crippen molar-refractivity contribution in [2.24, 2.45) is 5.41 Å². The van der Waals surface area contributed by atoms with Gasteiger partial charge in [0.15, 0.2) is 5.78 Å². The summed E-state index contributed by atoms with van der Waals surface area (Å²) in [6, 6.07) is 0. The number of carbonyl (C=O) groups excluding carboxylic acids is 2. The van der Waals surface area contributed by atoms with Crippen LogP contribution in [0.15, 0.2) is 48.1 Å². The van der Waals surface area contributed by atoms with Gasteiger partial charge in [0.1, 0.15) is 0 Å². The first-order chi connectivity index (χ1) is 8.66. The Morgan fingerprint density at radius 3 is 2.83 bits per heavy atom. The van der Waals surface area contributed by atoms with E-state index in [9.17, 15) is 9.59 Å². The third-order valence-electron chi connectivity index (χ3n) is 3.43. The van der Waals surface area contributed by atoms with E-state index in [4.69, 9.17) is 0 Å². The maximum absolute atomic E-state index is 11.2. The van der Waals surface area contributed by atoms with Gasteiger partial charge in [-0.25, -0.2) is 4.79 Å². The summed E-state index contributed by atoms with van der Waals surface area (Å²) in [5, 5.41) is 0. The average molecular weight is 244 g/mol. The summed E-state index contributed by atoms with van der Waals surface area (Å²) in [6.07, 6.45) is 15.3. The highest BCUT2D eigenvalue weighted by atomic mass is 16.5. The van der Waals surface area contributed by atoms with E-state index in [2.05, 4.69) is 10.8 Å². The monoisotopic (exact) mass is 244 g/mol. The first-order valence-corrected chi connectivity index (χ1v) is 6.03. The molecule has 0 N–H and O–H groups in total. The lowest BCUT2D eigenvalue weighted by molar-refractivity contribution is -0.134. The summed E-state index contributed by atoms with van der Waals surface area (Å²) in [5.74, 6) is -0.301. The number of methoxy groups -OCH3 is 1. The number of ether oxygens (including phenoxy) is 1. The van der Waals surface area contributed by atoms with Crippen LogP contribution in [0, 0.1) is 5.41 Å². The highest BCUT2D eigenvalue weighted by molar-refractivity contribution is 6.00. The van der Waals surface area contributed by atoms with Crippen molar-refractivity contribution in [3.05, 3.63) is 48.1 Å². The molecule has 0 aromatic heterocycles. The molecule has 18 heavy (non-hydrogen) atoms. The Kier molecular flexibility index (Phi) is 3.60. The van der Waals surface area contributed by atoms with Gasteiger partial charge in [-0.1, -0.05) is 29.9 Å². The number of hydrogen-bond acceptors (Lipinski definition) is 3. The predicted molar refractivity (Wildman–Crippen MR) is 68.8 cm³/mol. The maximum Gasteiger partial charge on any atom is 0.330 e. The third-order valence-corrected chi connectivity index (χ3v) is 3.43. The number of carbonyl (C=O) groups is 2. The van der Waals surface area contributed by atoms with Crippen LogP contribution in [-0.4, -0.2) is 18.9 Å². The van der Waals surface area contributed by atoms with Crippen LogP contribution in [0.25, 0.3) is 0 Å². The van der Waals surface area contributed by atoms with Crippen molar-refractivity contribution in [2.45, 2.75) is 19.3 Å². The fourth-order valence-corrected chi connectivity index (χ4v) is 2.41. The van der Waals surface area contributed by atoms with E-state index in [-0.39, 0.29) is 17.2 Å². The average Bonchev–Trinajstić information content (AvgIpc) is 2.76. The smallest absolute Gasteiger partial charge is 0.330 e. The van der Waals surface area contributed by atoms with E-state index >= 15 is 0 Å². The second kappa shape index (κ2) is 5.17. The molecular formula is C15H16O3. The van der Waals surface area contributed by atoms with Gasteiger partial charge >= 0.3 is 5.97 Å². The van der Waals surface area contributed by atoms with Crippen molar-refractivity contribution in [3.63, 3.8) is 0 Å².